The Hall–Kier alpha value is -2.28. The molecule has 0 saturated carbocycles. The number of phenols is 1. The number of nitrogens with zero attached hydrogens (tertiary/aromatic N) is 1. The molecule has 7 heteroatoms. The highest BCUT2D eigenvalue weighted by Crippen LogP contribution is 2.38. The summed E-state index contributed by atoms with van der Waals surface area (Å²) in [6, 6.07) is 10.7. The number of halogens is 1. The van der Waals surface area contributed by atoms with E-state index in [0.717, 1.165) is 16.7 Å². The Bertz CT molecular complexity index is 852. The number of benzene rings is 2. The van der Waals surface area contributed by atoms with Gasteiger partial charge in [0, 0.05) is 23.7 Å². The maximum atomic E-state index is 12.8. The third-order valence-corrected chi connectivity index (χ3v) is 5.04. The van der Waals surface area contributed by atoms with Crippen LogP contribution in [0.4, 0.5) is 0 Å². The molecule has 2 aliphatic rings. The zero-order chi connectivity index (χ0) is 18.8. The average Bonchev–Trinajstić information content (AvgIpc) is 2.91. The van der Waals surface area contributed by atoms with E-state index in [1.54, 1.807) is 17.0 Å². The number of hydrogen-bond acceptors (Lipinski definition) is 5. The molecular weight excluding hydrogens is 368 g/mol. The van der Waals surface area contributed by atoms with Crippen molar-refractivity contribution < 1.29 is 19.4 Å². The number of ether oxygens (including phenoxy) is 2. The number of rotatable bonds is 2. The molecule has 1 atom stereocenters. The number of nitrogens with one attached hydrogen (secondary N) is 1. The number of fused-ring (bicyclic) bond motifs is 1. The van der Waals surface area contributed by atoms with Crippen LogP contribution in [0.3, 0.4) is 0 Å². The molecule has 6 nitrogen and oxygen atoms in total. The van der Waals surface area contributed by atoms with Crippen molar-refractivity contribution in [3.05, 3.63) is 47.0 Å². The molecule has 0 spiro atoms. The molecule has 2 aromatic rings. The topological polar surface area (TPSA) is 71.0 Å². The SMILES string of the molecule is O=C(C1COCCN1)N1CCOc2c(O)cc(-c3cccc(Cl)c3)cc2C1. The van der Waals surface area contributed by atoms with Gasteiger partial charge < -0.3 is 24.8 Å². The zero-order valence-electron chi connectivity index (χ0n) is 14.8. The molecule has 2 aromatic carbocycles. The first-order chi connectivity index (χ1) is 13.1. The Morgan fingerprint density at radius 1 is 1.22 bits per heavy atom. The highest BCUT2D eigenvalue weighted by molar-refractivity contribution is 6.30. The summed E-state index contributed by atoms with van der Waals surface area (Å²) in [5.41, 5.74) is 2.49. The van der Waals surface area contributed by atoms with E-state index in [4.69, 9.17) is 21.1 Å². The normalized spacial score (nSPS) is 19.7. The van der Waals surface area contributed by atoms with E-state index in [1.165, 1.54) is 0 Å². The number of carbonyl (C=O) groups is 1. The Morgan fingerprint density at radius 3 is 2.89 bits per heavy atom. The molecule has 2 heterocycles. The smallest absolute Gasteiger partial charge is 0.242 e. The molecule has 1 fully saturated rings. The lowest BCUT2D eigenvalue weighted by atomic mass is 10.0. The van der Waals surface area contributed by atoms with Crippen molar-refractivity contribution >= 4 is 17.5 Å². The van der Waals surface area contributed by atoms with E-state index in [0.29, 0.717) is 50.2 Å². The van der Waals surface area contributed by atoms with Gasteiger partial charge in [0.25, 0.3) is 0 Å². The number of hydrogen-bond donors (Lipinski definition) is 2. The molecule has 1 unspecified atom stereocenters. The minimum atomic E-state index is -0.343. The van der Waals surface area contributed by atoms with Crippen LogP contribution >= 0.6 is 11.6 Å². The third kappa shape index (κ3) is 3.88. The summed E-state index contributed by atoms with van der Waals surface area (Å²) >= 11 is 6.10. The highest BCUT2D eigenvalue weighted by Gasteiger charge is 2.29. The molecule has 1 saturated heterocycles. The number of amides is 1. The first kappa shape index (κ1) is 18.1. The lowest BCUT2D eigenvalue weighted by Crippen LogP contribution is -2.52. The van der Waals surface area contributed by atoms with Gasteiger partial charge in [-0.2, -0.15) is 0 Å². The summed E-state index contributed by atoms with van der Waals surface area (Å²) < 4.78 is 11.1. The maximum Gasteiger partial charge on any atom is 0.242 e. The van der Waals surface area contributed by atoms with Gasteiger partial charge in [-0.1, -0.05) is 23.7 Å². The van der Waals surface area contributed by atoms with E-state index >= 15 is 0 Å². The molecule has 0 aromatic heterocycles. The van der Waals surface area contributed by atoms with Crippen molar-refractivity contribution in [3.8, 4) is 22.6 Å². The quantitative estimate of drug-likeness (QED) is 0.826. The van der Waals surface area contributed by atoms with Crippen molar-refractivity contribution in [2.45, 2.75) is 12.6 Å². The zero-order valence-corrected chi connectivity index (χ0v) is 15.5. The molecule has 0 aliphatic carbocycles. The largest absolute Gasteiger partial charge is 0.504 e. The van der Waals surface area contributed by atoms with Crippen molar-refractivity contribution in [2.24, 2.45) is 0 Å². The lowest BCUT2D eigenvalue weighted by molar-refractivity contribution is -0.137. The molecule has 0 bridgehead atoms. The van der Waals surface area contributed by atoms with Gasteiger partial charge in [0.05, 0.1) is 19.8 Å². The molecule has 0 radical (unpaired) electrons. The van der Waals surface area contributed by atoms with Gasteiger partial charge in [0.1, 0.15) is 12.6 Å². The first-order valence-electron chi connectivity index (χ1n) is 8.96. The van der Waals surface area contributed by atoms with Crippen LogP contribution in [0.15, 0.2) is 36.4 Å². The van der Waals surface area contributed by atoms with Crippen LogP contribution in [0, 0.1) is 0 Å². The lowest BCUT2D eigenvalue weighted by Gasteiger charge is -2.29. The Labute approximate surface area is 162 Å². The fraction of sp³-hybridized carbons (Fsp3) is 0.350. The molecular formula is C20H21ClN2O4. The Kier molecular flexibility index (Phi) is 5.20. The van der Waals surface area contributed by atoms with Crippen LogP contribution in [0.5, 0.6) is 11.5 Å². The Balaban J connectivity index is 1.63. The second kappa shape index (κ2) is 7.76. The highest BCUT2D eigenvalue weighted by atomic mass is 35.5. The van der Waals surface area contributed by atoms with Gasteiger partial charge in [-0.15, -0.1) is 0 Å². The standard InChI is InChI=1S/C20H21ClN2O4/c21-16-3-1-2-13(9-16)14-8-15-11-23(5-7-27-19(15)18(24)10-14)20(25)17-12-26-6-4-22-17/h1-3,8-10,17,22,24H,4-7,11-12H2. The summed E-state index contributed by atoms with van der Waals surface area (Å²) in [6.45, 7) is 2.81. The van der Waals surface area contributed by atoms with Crippen LogP contribution in [0.25, 0.3) is 11.1 Å². The monoisotopic (exact) mass is 388 g/mol. The van der Waals surface area contributed by atoms with E-state index in [1.807, 2.05) is 24.3 Å². The van der Waals surface area contributed by atoms with Gasteiger partial charge in [0.15, 0.2) is 11.5 Å². The molecule has 2 N–H and O–H groups in total. The fourth-order valence-corrected chi connectivity index (χ4v) is 3.66. The van der Waals surface area contributed by atoms with Crippen LogP contribution in [0.2, 0.25) is 5.02 Å². The van der Waals surface area contributed by atoms with Gasteiger partial charge in [-0.3, -0.25) is 4.79 Å². The Morgan fingerprint density at radius 2 is 2.11 bits per heavy atom. The predicted molar refractivity (Wildman–Crippen MR) is 102 cm³/mol. The number of morpholine rings is 1. The first-order valence-corrected chi connectivity index (χ1v) is 9.34. The van der Waals surface area contributed by atoms with Gasteiger partial charge >= 0.3 is 0 Å². The summed E-state index contributed by atoms with van der Waals surface area (Å²) in [4.78, 5) is 14.6. The van der Waals surface area contributed by atoms with E-state index in [-0.39, 0.29) is 17.7 Å². The molecule has 142 valence electrons. The van der Waals surface area contributed by atoms with E-state index in [9.17, 15) is 9.90 Å². The fourth-order valence-electron chi connectivity index (χ4n) is 3.47. The molecule has 2 aliphatic heterocycles. The minimum Gasteiger partial charge on any atom is -0.504 e. The molecule has 27 heavy (non-hydrogen) atoms. The third-order valence-electron chi connectivity index (χ3n) is 4.80. The van der Waals surface area contributed by atoms with Crippen LogP contribution in [-0.2, 0) is 16.1 Å². The number of carbonyl (C=O) groups excluding carboxylic acids is 1. The average molecular weight is 389 g/mol. The van der Waals surface area contributed by atoms with Crippen LogP contribution < -0.4 is 10.1 Å². The van der Waals surface area contributed by atoms with Crippen molar-refractivity contribution in [2.75, 3.05) is 32.9 Å². The maximum absolute atomic E-state index is 12.8. The summed E-state index contributed by atoms with van der Waals surface area (Å²) in [5, 5.41) is 14.3. The van der Waals surface area contributed by atoms with Crippen LogP contribution in [-0.4, -0.2) is 54.9 Å². The summed E-state index contributed by atoms with van der Waals surface area (Å²) in [6.07, 6.45) is 0. The number of phenolic OH excluding ortho intramolecular Hbond substituents is 1. The van der Waals surface area contributed by atoms with Crippen molar-refractivity contribution in [1.82, 2.24) is 10.2 Å². The van der Waals surface area contributed by atoms with E-state index < -0.39 is 0 Å². The van der Waals surface area contributed by atoms with Gasteiger partial charge in [-0.25, -0.2) is 0 Å². The van der Waals surface area contributed by atoms with Gasteiger partial charge in [-0.05, 0) is 35.4 Å². The second-order valence-corrected chi connectivity index (χ2v) is 7.12. The summed E-state index contributed by atoms with van der Waals surface area (Å²) in [5.74, 6) is 0.485. The molecule has 4 rings (SSSR count). The molecule has 1 amide bonds. The van der Waals surface area contributed by atoms with Crippen molar-refractivity contribution in [1.29, 1.82) is 0 Å². The predicted octanol–water partition coefficient (Wildman–Crippen LogP) is 2.42. The second-order valence-electron chi connectivity index (χ2n) is 6.68. The van der Waals surface area contributed by atoms with Crippen LogP contribution in [0.1, 0.15) is 5.56 Å². The van der Waals surface area contributed by atoms with Crippen molar-refractivity contribution in [3.63, 3.8) is 0 Å². The van der Waals surface area contributed by atoms with Gasteiger partial charge in [0.2, 0.25) is 5.91 Å². The van der Waals surface area contributed by atoms with E-state index in [2.05, 4.69) is 5.32 Å². The number of aromatic hydroxyl groups is 1. The minimum absolute atomic E-state index is 0.0150. The summed E-state index contributed by atoms with van der Waals surface area (Å²) in [7, 11) is 0.